The van der Waals surface area contributed by atoms with Crippen LogP contribution in [0.4, 0.5) is 11.4 Å². The molecule has 2 aromatic rings. The molecule has 0 aromatic heterocycles. The minimum absolute atomic E-state index is 0.0450. The third-order valence-electron chi connectivity index (χ3n) is 3.24. The highest BCUT2D eigenvalue weighted by Gasteiger charge is 2.09. The average Bonchev–Trinajstić information content (AvgIpc) is 2.60. The molecule has 1 N–H and O–H groups in total. The number of carbonyl (C=O) groups is 2. The van der Waals surface area contributed by atoms with Crippen molar-refractivity contribution >= 4 is 29.3 Å². The van der Waals surface area contributed by atoms with Crippen LogP contribution in [0.1, 0.15) is 29.8 Å². The van der Waals surface area contributed by atoms with Crippen molar-refractivity contribution in [2.75, 3.05) is 5.32 Å². The topological polar surface area (TPSA) is 98.5 Å². The highest BCUT2D eigenvalue weighted by molar-refractivity contribution is 6.02. The number of esters is 1. The van der Waals surface area contributed by atoms with Crippen LogP contribution in [0, 0.1) is 10.1 Å². The third kappa shape index (κ3) is 5.55. The summed E-state index contributed by atoms with van der Waals surface area (Å²) in [6.45, 7) is 3.53. The van der Waals surface area contributed by atoms with E-state index in [0.717, 1.165) is 0 Å². The SMILES string of the molecule is CC(C)OC(=O)c1ccc(NC(=O)C=Cc2cccc([N+](=O)[O-])c2)cc1. The predicted octanol–water partition coefficient (Wildman–Crippen LogP) is 3.81. The molecule has 134 valence electrons. The van der Waals surface area contributed by atoms with E-state index in [1.807, 2.05) is 0 Å². The summed E-state index contributed by atoms with van der Waals surface area (Å²) < 4.78 is 5.09. The Bertz CT molecular complexity index is 841. The molecule has 0 fully saturated rings. The second-order valence-electron chi connectivity index (χ2n) is 5.71. The van der Waals surface area contributed by atoms with E-state index in [1.165, 1.54) is 24.3 Å². The van der Waals surface area contributed by atoms with Crippen molar-refractivity contribution in [3.8, 4) is 0 Å². The first-order valence-corrected chi connectivity index (χ1v) is 7.89. The highest BCUT2D eigenvalue weighted by Crippen LogP contribution is 2.15. The van der Waals surface area contributed by atoms with Crippen LogP contribution in [0.3, 0.4) is 0 Å². The van der Waals surface area contributed by atoms with Gasteiger partial charge in [-0.3, -0.25) is 14.9 Å². The Labute approximate surface area is 150 Å². The van der Waals surface area contributed by atoms with Gasteiger partial charge in [-0.15, -0.1) is 0 Å². The molecule has 26 heavy (non-hydrogen) atoms. The molecule has 0 unspecified atom stereocenters. The summed E-state index contributed by atoms with van der Waals surface area (Å²) in [7, 11) is 0. The van der Waals surface area contributed by atoms with Crippen molar-refractivity contribution in [3.63, 3.8) is 0 Å². The lowest BCUT2D eigenvalue weighted by molar-refractivity contribution is -0.384. The molecule has 2 aromatic carbocycles. The molecule has 7 nitrogen and oxygen atoms in total. The van der Waals surface area contributed by atoms with Gasteiger partial charge in [0.25, 0.3) is 5.69 Å². The number of nitro benzene ring substituents is 1. The highest BCUT2D eigenvalue weighted by atomic mass is 16.6. The van der Waals surface area contributed by atoms with Gasteiger partial charge in [0.1, 0.15) is 0 Å². The zero-order chi connectivity index (χ0) is 19.1. The number of hydrogen-bond donors (Lipinski definition) is 1. The number of rotatable bonds is 6. The second-order valence-corrected chi connectivity index (χ2v) is 5.71. The number of non-ortho nitro benzene ring substituents is 1. The molecule has 2 rings (SSSR count). The van der Waals surface area contributed by atoms with Gasteiger partial charge >= 0.3 is 5.97 Å². The predicted molar refractivity (Wildman–Crippen MR) is 97.8 cm³/mol. The number of amides is 1. The van der Waals surface area contributed by atoms with Crippen LogP contribution in [0.25, 0.3) is 6.08 Å². The summed E-state index contributed by atoms with van der Waals surface area (Å²) in [6, 6.07) is 12.3. The lowest BCUT2D eigenvalue weighted by atomic mass is 10.2. The molecule has 0 spiro atoms. The smallest absolute Gasteiger partial charge is 0.338 e. The number of nitrogens with zero attached hydrogens (tertiary/aromatic N) is 1. The molecule has 7 heteroatoms. The van der Waals surface area contributed by atoms with Crippen LogP contribution in [0.5, 0.6) is 0 Å². The molecule has 0 radical (unpaired) electrons. The maximum atomic E-state index is 11.9. The summed E-state index contributed by atoms with van der Waals surface area (Å²) in [5.74, 6) is -0.822. The van der Waals surface area contributed by atoms with E-state index in [9.17, 15) is 19.7 Å². The van der Waals surface area contributed by atoms with Crippen molar-refractivity contribution in [1.29, 1.82) is 0 Å². The van der Waals surface area contributed by atoms with Crippen LogP contribution in [-0.4, -0.2) is 22.9 Å². The van der Waals surface area contributed by atoms with Gasteiger partial charge in [-0.1, -0.05) is 12.1 Å². The monoisotopic (exact) mass is 354 g/mol. The number of benzene rings is 2. The van der Waals surface area contributed by atoms with Gasteiger partial charge < -0.3 is 10.1 Å². The van der Waals surface area contributed by atoms with Crippen molar-refractivity contribution in [1.82, 2.24) is 0 Å². The van der Waals surface area contributed by atoms with E-state index in [-0.39, 0.29) is 11.8 Å². The standard InChI is InChI=1S/C19H18N2O5/c1-13(2)26-19(23)15-7-9-16(10-8-15)20-18(22)11-6-14-4-3-5-17(12-14)21(24)25/h3-13H,1-2H3,(H,20,22). The van der Waals surface area contributed by atoms with Crippen LogP contribution in [0.2, 0.25) is 0 Å². The van der Waals surface area contributed by atoms with Crippen LogP contribution >= 0.6 is 0 Å². The molecule has 0 atom stereocenters. The van der Waals surface area contributed by atoms with Crippen molar-refractivity contribution in [2.24, 2.45) is 0 Å². The lowest BCUT2D eigenvalue weighted by Crippen LogP contribution is -2.12. The Kier molecular flexibility index (Phi) is 6.21. The first-order valence-electron chi connectivity index (χ1n) is 7.89. The second kappa shape index (κ2) is 8.57. The fourth-order valence-corrected chi connectivity index (χ4v) is 2.07. The maximum Gasteiger partial charge on any atom is 0.338 e. The Balaban J connectivity index is 1.98. The van der Waals surface area contributed by atoms with Crippen LogP contribution in [-0.2, 0) is 9.53 Å². The molecular formula is C19H18N2O5. The largest absolute Gasteiger partial charge is 0.459 e. The minimum Gasteiger partial charge on any atom is -0.459 e. The molecule has 0 aliphatic rings. The number of nitrogens with one attached hydrogen (secondary N) is 1. The molecule has 0 heterocycles. The van der Waals surface area contributed by atoms with Gasteiger partial charge in [0, 0.05) is 23.9 Å². The fraction of sp³-hybridized carbons (Fsp3) is 0.158. The summed E-state index contributed by atoms with van der Waals surface area (Å²) in [5.41, 5.74) is 1.40. The molecule has 0 aliphatic heterocycles. The number of carbonyl (C=O) groups excluding carboxylic acids is 2. The van der Waals surface area contributed by atoms with Gasteiger partial charge in [-0.05, 0) is 49.8 Å². The Hall–Kier alpha value is -3.48. The normalized spacial score (nSPS) is 10.7. The van der Waals surface area contributed by atoms with Crippen molar-refractivity contribution in [2.45, 2.75) is 20.0 Å². The number of ether oxygens (including phenoxy) is 1. The van der Waals surface area contributed by atoms with E-state index in [0.29, 0.717) is 16.8 Å². The maximum absolute atomic E-state index is 11.9. The molecule has 0 bridgehead atoms. The minimum atomic E-state index is -0.497. The zero-order valence-corrected chi connectivity index (χ0v) is 14.3. The number of hydrogen-bond acceptors (Lipinski definition) is 5. The van der Waals surface area contributed by atoms with Crippen LogP contribution in [0.15, 0.2) is 54.6 Å². The molecule has 0 saturated carbocycles. The fourth-order valence-electron chi connectivity index (χ4n) is 2.07. The molecular weight excluding hydrogens is 336 g/mol. The molecule has 0 saturated heterocycles. The van der Waals surface area contributed by atoms with E-state index in [4.69, 9.17) is 4.74 Å². The van der Waals surface area contributed by atoms with Crippen molar-refractivity contribution in [3.05, 3.63) is 75.8 Å². The van der Waals surface area contributed by atoms with E-state index in [2.05, 4.69) is 5.32 Å². The lowest BCUT2D eigenvalue weighted by Gasteiger charge is -2.08. The van der Waals surface area contributed by atoms with E-state index >= 15 is 0 Å². The summed E-state index contributed by atoms with van der Waals surface area (Å²) in [6.07, 6.45) is 2.55. The zero-order valence-electron chi connectivity index (χ0n) is 14.3. The number of anilines is 1. The molecule has 1 amide bonds. The summed E-state index contributed by atoms with van der Waals surface area (Å²) in [4.78, 5) is 33.9. The Morgan fingerprint density at radius 3 is 2.46 bits per heavy atom. The van der Waals surface area contributed by atoms with Gasteiger partial charge in [0.15, 0.2) is 0 Å². The van der Waals surface area contributed by atoms with E-state index < -0.39 is 16.8 Å². The quantitative estimate of drug-likeness (QED) is 0.368. The van der Waals surface area contributed by atoms with Gasteiger partial charge in [-0.25, -0.2) is 4.79 Å². The Morgan fingerprint density at radius 2 is 1.85 bits per heavy atom. The summed E-state index contributed by atoms with van der Waals surface area (Å²) >= 11 is 0. The van der Waals surface area contributed by atoms with Gasteiger partial charge in [0.05, 0.1) is 16.6 Å². The van der Waals surface area contributed by atoms with Gasteiger partial charge in [0.2, 0.25) is 5.91 Å². The first-order chi connectivity index (χ1) is 12.3. The Morgan fingerprint density at radius 1 is 1.15 bits per heavy atom. The van der Waals surface area contributed by atoms with Crippen molar-refractivity contribution < 1.29 is 19.2 Å². The van der Waals surface area contributed by atoms with Gasteiger partial charge in [-0.2, -0.15) is 0 Å². The molecule has 0 aliphatic carbocycles. The number of nitro groups is 1. The average molecular weight is 354 g/mol. The van der Waals surface area contributed by atoms with Crippen LogP contribution < -0.4 is 5.32 Å². The summed E-state index contributed by atoms with van der Waals surface area (Å²) in [5, 5.41) is 13.4. The third-order valence-corrected chi connectivity index (χ3v) is 3.24. The first kappa shape index (κ1) is 18.9. The van der Waals surface area contributed by atoms with E-state index in [1.54, 1.807) is 50.2 Å².